The van der Waals surface area contributed by atoms with Gasteiger partial charge in [0, 0.05) is 13.1 Å². The van der Waals surface area contributed by atoms with Crippen LogP contribution in [0.1, 0.15) is 1.43 Å². The van der Waals surface area contributed by atoms with Crippen LogP contribution >= 0.6 is 24.2 Å². The van der Waals surface area contributed by atoms with Crippen LogP contribution in [0.3, 0.4) is 0 Å². The molecule has 0 unspecified atom stereocenters. The molecule has 0 saturated carbocycles. The molecule has 1 heterocycles. The maximum atomic E-state index is 5.34. The Hall–Kier alpha value is 1.80. The third-order valence-corrected chi connectivity index (χ3v) is 2.22. The van der Waals surface area contributed by atoms with Crippen LogP contribution in [0.25, 0.3) is 0 Å². The van der Waals surface area contributed by atoms with Crippen molar-refractivity contribution in [3.63, 3.8) is 0 Å². The van der Waals surface area contributed by atoms with Gasteiger partial charge >= 0.3 is 51.4 Å². The van der Waals surface area contributed by atoms with Gasteiger partial charge in [-0.3, -0.25) is 0 Å². The zero-order valence-electron chi connectivity index (χ0n) is 7.58. The largest absolute Gasteiger partial charge is 1.00 e. The van der Waals surface area contributed by atoms with Crippen molar-refractivity contribution >= 4 is 28.5 Å². The van der Waals surface area contributed by atoms with Crippen LogP contribution in [-0.4, -0.2) is 34.9 Å². The van der Waals surface area contributed by atoms with E-state index >= 15 is 0 Å². The second kappa shape index (κ2) is 7.22. The van der Waals surface area contributed by atoms with E-state index in [1.54, 1.807) is 0 Å². The molecule has 60 valence electrons. The Labute approximate surface area is 120 Å². The maximum absolute atomic E-state index is 5.34. The summed E-state index contributed by atoms with van der Waals surface area (Å²) in [5.41, 5.74) is 5.34. The number of nitrogens with zero attached hydrogens (tertiary/aromatic N) is 1. The number of morpholine rings is 1. The molecule has 1 aliphatic rings. The van der Waals surface area contributed by atoms with Gasteiger partial charge in [-0.1, -0.05) is 12.2 Å². The molecule has 0 radical (unpaired) electrons. The van der Waals surface area contributed by atoms with Gasteiger partial charge in [-0.15, -0.1) is 0 Å². The first-order valence-corrected chi connectivity index (χ1v) is 4.27. The summed E-state index contributed by atoms with van der Waals surface area (Å²) in [7, 11) is 0. The van der Waals surface area contributed by atoms with Crippen LogP contribution in [0.15, 0.2) is 0 Å². The molecular weight excluding hydrogens is 207 g/mol. The molecule has 0 aromatic carbocycles. The molecule has 11 heavy (non-hydrogen) atoms. The number of ether oxygens (including phenoxy) is 1. The molecule has 1 aliphatic heterocycles. The summed E-state index contributed by atoms with van der Waals surface area (Å²) in [5.74, 6) is 0. The molecule has 1 fully saturated rings. The molecule has 0 amide bonds. The number of rotatable bonds is 1. The molecule has 1 saturated heterocycles. The SMILES string of the molecule is NC(=S)SN1CCOCC1.[H-].[K+]. The normalized spacial score (nSPS) is 18.9. The standard InChI is InChI=1S/C5H10N2OS2.K.H/c6-5(9)10-7-1-3-8-4-2-7;;/h1-4H2,(H2,6,9);;/q;+1;-1. The molecule has 0 aromatic rings. The van der Waals surface area contributed by atoms with Crippen LogP contribution in [0.2, 0.25) is 0 Å². The fourth-order valence-electron chi connectivity index (χ4n) is 0.765. The average Bonchev–Trinajstić information content (AvgIpc) is 1.88. The van der Waals surface area contributed by atoms with Crippen LogP contribution in [0.5, 0.6) is 0 Å². The van der Waals surface area contributed by atoms with E-state index in [2.05, 4.69) is 4.31 Å². The molecule has 0 aliphatic carbocycles. The summed E-state index contributed by atoms with van der Waals surface area (Å²) in [5, 5.41) is 0. The monoisotopic (exact) mass is 218 g/mol. The summed E-state index contributed by atoms with van der Waals surface area (Å²) in [6.07, 6.45) is 0. The van der Waals surface area contributed by atoms with Gasteiger partial charge in [0.1, 0.15) is 4.32 Å². The van der Waals surface area contributed by atoms with Crippen LogP contribution in [0, 0.1) is 0 Å². The second-order valence-electron chi connectivity index (χ2n) is 1.95. The first-order valence-electron chi connectivity index (χ1n) is 3.09. The number of nitrogens with two attached hydrogens (primary N) is 1. The van der Waals surface area contributed by atoms with E-state index in [1.165, 1.54) is 11.9 Å². The summed E-state index contributed by atoms with van der Waals surface area (Å²) in [4.78, 5) is 0. The minimum atomic E-state index is 0. The van der Waals surface area contributed by atoms with Crippen molar-refractivity contribution in [3.05, 3.63) is 0 Å². The van der Waals surface area contributed by atoms with E-state index in [0.29, 0.717) is 4.32 Å². The van der Waals surface area contributed by atoms with Gasteiger partial charge in [-0.25, -0.2) is 4.31 Å². The fraction of sp³-hybridized carbons (Fsp3) is 0.800. The van der Waals surface area contributed by atoms with Crippen molar-refractivity contribution < 1.29 is 57.5 Å². The first-order chi connectivity index (χ1) is 4.79. The van der Waals surface area contributed by atoms with Crippen molar-refractivity contribution in [1.82, 2.24) is 4.31 Å². The molecule has 0 atom stereocenters. The van der Waals surface area contributed by atoms with Crippen LogP contribution < -0.4 is 57.1 Å². The number of hydrogen-bond donors (Lipinski definition) is 1. The molecule has 0 aromatic heterocycles. The molecular formula is C5H11KN2OS2. The van der Waals surface area contributed by atoms with E-state index in [9.17, 15) is 0 Å². The summed E-state index contributed by atoms with van der Waals surface area (Å²) >= 11 is 6.17. The van der Waals surface area contributed by atoms with Gasteiger partial charge in [0.25, 0.3) is 0 Å². The summed E-state index contributed by atoms with van der Waals surface area (Å²) < 4.78 is 7.75. The Bertz CT molecular complexity index is 135. The van der Waals surface area contributed by atoms with E-state index in [4.69, 9.17) is 22.7 Å². The van der Waals surface area contributed by atoms with E-state index in [-0.39, 0.29) is 52.8 Å². The zero-order chi connectivity index (χ0) is 7.40. The smallest absolute Gasteiger partial charge is 1.00 e. The van der Waals surface area contributed by atoms with Gasteiger partial charge in [0.15, 0.2) is 0 Å². The minimum Gasteiger partial charge on any atom is -1.00 e. The Morgan fingerprint density at radius 3 is 2.55 bits per heavy atom. The van der Waals surface area contributed by atoms with E-state index < -0.39 is 0 Å². The Morgan fingerprint density at radius 1 is 1.55 bits per heavy atom. The second-order valence-corrected chi connectivity index (χ2v) is 3.79. The maximum Gasteiger partial charge on any atom is 1.00 e. The fourth-order valence-corrected chi connectivity index (χ4v) is 1.67. The van der Waals surface area contributed by atoms with Crippen molar-refractivity contribution in [3.8, 4) is 0 Å². The summed E-state index contributed by atoms with van der Waals surface area (Å²) in [6, 6.07) is 0. The molecule has 2 N–H and O–H groups in total. The third-order valence-electron chi connectivity index (χ3n) is 1.19. The Kier molecular flexibility index (Phi) is 8.40. The molecule has 0 spiro atoms. The van der Waals surface area contributed by atoms with Gasteiger partial charge in [0.2, 0.25) is 0 Å². The third kappa shape index (κ3) is 5.95. The van der Waals surface area contributed by atoms with Gasteiger partial charge < -0.3 is 11.9 Å². The first kappa shape index (κ1) is 12.8. The van der Waals surface area contributed by atoms with Gasteiger partial charge in [-0.05, 0) is 11.9 Å². The predicted octanol–water partition coefficient (Wildman–Crippen LogP) is -2.67. The number of hydrogen-bond acceptors (Lipinski definition) is 4. The van der Waals surface area contributed by atoms with Crippen LogP contribution in [0.4, 0.5) is 0 Å². The van der Waals surface area contributed by atoms with Crippen molar-refractivity contribution in [2.45, 2.75) is 0 Å². The van der Waals surface area contributed by atoms with Crippen molar-refractivity contribution in [2.75, 3.05) is 26.3 Å². The molecule has 6 heteroatoms. The molecule has 1 rings (SSSR count). The predicted molar refractivity (Wildman–Crippen MR) is 47.9 cm³/mol. The number of thiocarbonyl (C=S) groups is 1. The van der Waals surface area contributed by atoms with Gasteiger partial charge in [0.05, 0.1) is 13.2 Å². The van der Waals surface area contributed by atoms with Gasteiger partial charge in [-0.2, -0.15) is 0 Å². The van der Waals surface area contributed by atoms with Crippen molar-refractivity contribution in [1.29, 1.82) is 0 Å². The van der Waals surface area contributed by atoms with E-state index in [1.807, 2.05) is 0 Å². The quantitative estimate of drug-likeness (QED) is 0.295. The van der Waals surface area contributed by atoms with E-state index in [0.717, 1.165) is 26.3 Å². The van der Waals surface area contributed by atoms with Crippen LogP contribution in [-0.2, 0) is 4.74 Å². The molecule has 0 bridgehead atoms. The molecule has 3 nitrogen and oxygen atoms in total. The average molecular weight is 218 g/mol. The zero-order valence-corrected chi connectivity index (χ0v) is 11.3. The Balaban J connectivity index is 0. The minimum absolute atomic E-state index is 0. The summed E-state index contributed by atoms with van der Waals surface area (Å²) in [6.45, 7) is 3.41. The topological polar surface area (TPSA) is 38.5 Å². The Morgan fingerprint density at radius 2 is 2.09 bits per heavy atom. The van der Waals surface area contributed by atoms with Crippen molar-refractivity contribution in [2.24, 2.45) is 5.73 Å².